The van der Waals surface area contributed by atoms with Gasteiger partial charge in [-0.25, -0.2) is 4.98 Å². The van der Waals surface area contributed by atoms with Gasteiger partial charge in [0.15, 0.2) is 0 Å². The summed E-state index contributed by atoms with van der Waals surface area (Å²) < 4.78 is 13.2. The van der Waals surface area contributed by atoms with Crippen LogP contribution < -0.4 is 4.90 Å². The minimum atomic E-state index is -0.411. The van der Waals surface area contributed by atoms with Crippen LogP contribution in [0.25, 0.3) is 6.08 Å². The maximum Gasteiger partial charge on any atom is 0.214 e. The van der Waals surface area contributed by atoms with E-state index in [0.29, 0.717) is 0 Å². The molecule has 0 spiro atoms. The van der Waals surface area contributed by atoms with E-state index in [1.807, 2.05) is 24.3 Å². The molecule has 0 unspecified atom stereocenters. The van der Waals surface area contributed by atoms with Crippen LogP contribution in [-0.4, -0.2) is 42.6 Å². The van der Waals surface area contributed by atoms with Crippen LogP contribution in [0, 0.1) is 5.95 Å². The molecular formula is C18H20FN3. The van der Waals surface area contributed by atoms with Crippen molar-refractivity contribution in [1.29, 1.82) is 0 Å². The summed E-state index contributed by atoms with van der Waals surface area (Å²) in [5.41, 5.74) is 1.23. The third-order valence-electron chi connectivity index (χ3n) is 3.87. The minimum absolute atomic E-state index is 0.411. The Hall–Kier alpha value is -2.20. The average Bonchev–Trinajstić information content (AvgIpc) is 2.56. The maximum absolute atomic E-state index is 13.2. The zero-order valence-corrected chi connectivity index (χ0v) is 12.5. The molecule has 0 bridgehead atoms. The molecule has 1 aromatic carbocycles. The summed E-state index contributed by atoms with van der Waals surface area (Å²) in [6.07, 6.45) is 4.35. The Balaban J connectivity index is 1.49. The van der Waals surface area contributed by atoms with Crippen LogP contribution in [0.1, 0.15) is 5.56 Å². The molecule has 0 aliphatic carbocycles. The van der Waals surface area contributed by atoms with Crippen LogP contribution in [0.5, 0.6) is 0 Å². The zero-order chi connectivity index (χ0) is 15.2. The first-order chi connectivity index (χ1) is 10.8. The van der Waals surface area contributed by atoms with E-state index in [1.165, 1.54) is 11.6 Å². The molecule has 2 heterocycles. The number of rotatable bonds is 4. The molecule has 2 aromatic rings. The number of aromatic nitrogens is 1. The van der Waals surface area contributed by atoms with Crippen molar-refractivity contribution in [3.63, 3.8) is 0 Å². The molecular weight excluding hydrogens is 277 g/mol. The summed E-state index contributed by atoms with van der Waals surface area (Å²) >= 11 is 0. The first-order valence-corrected chi connectivity index (χ1v) is 7.63. The fourth-order valence-corrected chi connectivity index (χ4v) is 2.64. The Kier molecular flexibility index (Phi) is 4.81. The summed E-state index contributed by atoms with van der Waals surface area (Å²) in [5, 5.41) is 0. The standard InChI is InChI=1S/C18H20FN3/c19-17-9-4-10-18(20-17)22-14-12-21(13-15-22)11-5-8-16-6-2-1-3-7-16/h1-10H,11-15H2/b8-5+. The molecule has 114 valence electrons. The summed E-state index contributed by atoms with van der Waals surface area (Å²) in [5.74, 6) is 0.324. The SMILES string of the molecule is Fc1cccc(N2CCN(C/C=C/c3ccccc3)CC2)n1. The fourth-order valence-electron chi connectivity index (χ4n) is 2.64. The minimum Gasteiger partial charge on any atom is -0.354 e. The highest BCUT2D eigenvalue weighted by Gasteiger charge is 2.17. The van der Waals surface area contributed by atoms with E-state index in [0.717, 1.165) is 38.5 Å². The second-order valence-electron chi connectivity index (χ2n) is 5.42. The highest BCUT2D eigenvalue weighted by Crippen LogP contribution is 2.13. The molecule has 1 fully saturated rings. The van der Waals surface area contributed by atoms with E-state index in [-0.39, 0.29) is 0 Å². The zero-order valence-electron chi connectivity index (χ0n) is 12.5. The lowest BCUT2D eigenvalue weighted by atomic mass is 10.2. The van der Waals surface area contributed by atoms with Crippen molar-refractivity contribution >= 4 is 11.9 Å². The number of halogens is 1. The van der Waals surface area contributed by atoms with Crippen LogP contribution in [-0.2, 0) is 0 Å². The summed E-state index contributed by atoms with van der Waals surface area (Å²) in [7, 11) is 0. The molecule has 22 heavy (non-hydrogen) atoms. The van der Waals surface area contributed by atoms with Gasteiger partial charge in [0.25, 0.3) is 0 Å². The summed E-state index contributed by atoms with van der Waals surface area (Å²) in [4.78, 5) is 8.49. The van der Waals surface area contributed by atoms with Crippen LogP contribution in [0.4, 0.5) is 10.2 Å². The summed E-state index contributed by atoms with van der Waals surface area (Å²) in [6, 6.07) is 15.3. The Bertz CT molecular complexity index is 619. The topological polar surface area (TPSA) is 19.4 Å². The molecule has 1 saturated heterocycles. The van der Waals surface area contributed by atoms with Crippen molar-refractivity contribution in [1.82, 2.24) is 9.88 Å². The molecule has 0 radical (unpaired) electrons. The molecule has 1 aliphatic rings. The lowest BCUT2D eigenvalue weighted by molar-refractivity contribution is 0.283. The Labute approximate surface area is 130 Å². The van der Waals surface area contributed by atoms with Gasteiger partial charge in [-0.1, -0.05) is 48.6 Å². The van der Waals surface area contributed by atoms with E-state index < -0.39 is 5.95 Å². The third-order valence-corrected chi connectivity index (χ3v) is 3.87. The highest BCUT2D eigenvalue weighted by atomic mass is 19.1. The number of anilines is 1. The van der Waals surface area contributed by atoms with Crippen LogP contribution in [0.3, 0.4) is 0 Å². The van der Waals surface area contributed by atoms with Crippen molar-refractivity contribution in [2.24, 2.45) is 0 Å². The quantitative estimate of drug-likeness (QED) is 0.809. The van der Waals surface area contributed by atoms with Gasteiger partial charge < -0.3 is 4.90 Å². The molecule has 1 aliphatic heterocycles. The van der Waals surface area contributed by atoms with Crippen molar-refractivity contribution in [2.45, 2.75) is 0 Å². The second-order valence-corrected chi connectivity index (χ2v) is 5.42. The first kappa shape index (κ1) is 14.7. The fraction of sp³-hybridized carbons (Fsp3) is 0.278. The molecule has 3 nitrogen and oxygen atoms in total. The van der Waals surface area contributed by atoms with Gasteiger partial charge in [0, 0.05) is 32.7 Å². The van der Waals surface area contributed by atoms with Gasteiger partial charge in [-0.05, 0) is 17.7 Å². The molecule has 0 saturated carbocycles. The van der Waals surface area contributed by atoms with Gasteiger partial charge in [-0.2, -0.15) is 4.39 Å². The lowest BCUT2D eigenvalue weighted by Gasteiger charge is -2.34. The van der Waals surface area contributed by atoms with Crippen LogP contribution >= 0.6 is 0 Å². The molecule has 4 heteroatoms. The number of nitrogens with zero attached hydrogens (tertiary/aromatic N) is 3. The smallest absolute Gasteiger partial charge is 0.214 e. The lowest BCUT2D eigenvalue weighted by Crippen LogP contribution is -2.46. The van der Waals surface area contributed by atoms with Crippen molar-refractivity contribution in [3.05, 3.63) is 66.1 Å². The average molecular weight is 297 g/mol. The Morgan fingerprint density at radius 1 is 0.955 bits per heavy atom. The normalized spacial score (nSPS) is 16.3. The van der Waals surface area contributed by atoms with Crippen molar-refractivity contribution < 1.29 is 4.39 Å². The highest BCUT2D eigenvalue weighted by molar-refractivity contribution is 5.48. The predicted molar refractivity (Wildman–Crippen MR) is 88.3 cm³/mol. The number of hydrogen-bond acceptors (Lipinski definition) is 3. The van der Waals surface area contributed by atoms with E-state index >= 15 is 0 Å². The molecule has 0 atom stereocenters. The predicted octanol–water partition coefficient (Wildman–Crippen LogP) is 3.06. The summed E-state index contributed by atoms with van der Waals surface area (Å²) in [6.45, 7) is 4.65. The van der Waals surface area contributed by atoms with E-state index in [2.05, 4.69) is 39.1 Å². The van der Waals surface area contributed by atoms with E-state index in [4.69, 9.17) is 0 Å². The monoisotopic (exact) mass is 297 g/mol. The maximum atomic E-state index is 13.2. The first-order valence-electron chi connectivity index (χ1n) is 7.63. The molecule has 3 rings (SSSR count). The van der Waals surface area contributed by atoms with Gasteiger partial charge >= 0.3 is 0 Å². The van der Waals surface area contributed by atoms with E-state index in [1.54, 1.807) is 6.07 Å². The van der Waals surface area contributed by atoms with Crippen LogP contribution in [0.2, 0.25) is 0 Å². The van der Waals surface area contributed by atoms with Gasteiger partial charge in [-0.15, -0.1) is 0 Å². The van der Waals surface area contributed by atoms with E-state index in [9.17, 15) is 4.39 Å². The third kappa shape index (κ3) is 3.92. The Morgan fingerprint density at radius 3 is 2.45 bits per heavy atom. The second kappa shape index (κ2) is 7.18. The number of piperazine rings is 1. The van der Waals surface area contributed by atoms with Crippen molar-refractivity contribution in [2.75, 3.05) is 37.6 Å². The molecule has 1 aromatic heterocycles. The number of pyridine rings is 1. The van der Waals surface area contributed by atoms with Crippen molar-refractivity contribution in [3.8, 4) is 0 Å². The Morgan fingerprint density at radius 2 is 1.73 bits per heavy atom. The number of benzene rings is 1. The molecule has 0 amide bonds. The van der Waals surface area contributed by atoms with Gasteiger partial charge in [0.1, 0.15) is 5.82 Å². The largest absolute Gasteiger partial charge is 0.354 e. The van der Waals surface area contributed by atoms with Gasteiger partial charge in [-0.3, -0.25) is 4.90 Å². The van der Waals surface area contributed by atoms with Gasteiger partial charge in [0.05, 0.1) is 0 Å². The van der Waals surface area contributed by atoms with Crippen LogP contribution in [0.15, 0.2) is 54.6 Å². The molecule has 0 N–H and O–H groups in total. The number of hydrogen-bond donors (Lipinski definition) is 0. The van der Waals surface area contributed by atoms with Gasteiger partial charge in [0.2, 0.25) is 5.95 Å².